The number of benzene rings is 9. The predicted molar refractivity (Wildman–Crippen MR) is 438 cm³/mol. The van der Waals surface area contributed by atoms with Crippen LogP contribution in [-0.2, 0) is 121 Å². The second-order valence-electron chi connectivity index (χ2n) is 26.9. The van der Waals surface area contributed by atoms with E-state index in [0.29, 0.717) is 0 Å². The van der Waals surface area contributed by atoms with E-state index in [1.807, 2.05) is 148 Å². The Morgan fingerprint density at radius 1 is 0.259 bits per heavy atom. The van der Waals surface area contributed by atoms with E-state index in [0.717, 1.165) is 101 Å². The number of pyridine rings is 6. The van der Waals surface area contributed by atoms with Crippen LogP contribution >= 0.6 is 0 Å². The van der Waals surface area contributed by atoms with Crippen molar-refractivity contribution in [3.05, 3.63) is 393 Å². The third-order valence-corrected chi connectivity index (χ3v) is 17.9. The minimum atomic E-state index is -0.224. The molecule has 0 aliphatic carbocycles. The summed E-state index contributed by atoms with van der Waals surface area (Å²) < 4.78 is 13.0. The first-order valence-corrected chi connectivity index (χ1v) is 35.6. The van der Waals surface area contributed by atoms with Gasteiger partial charge in [-0.3, -0.25) is 0 Å². The quantitative estimate of drug-likeness (QED) is 0.134. The average molecular weight is 2540 g/mol. The van der Waals surface area contributed by atoms with E-state index >= 15 is 0 Å². The van der Waals surface area contributed by atoms with E-state index in [-0.39, 0.29) is 126 Å². The minimum Gasteiger partial charge on any atom is -0.305 e. The van der Waals surface area contributed by atoms with Crippen LogP contribution in [-0.4, -0.2) is 29.9 Å². The van der Waals surface area contributed by atoms with Crippen LogP contribution in [0.15, 0.2) is 267 Å². The summed E-state index contributed by atoms with van der Waals surface area (Å²) in [6.07, 6.45) is 7.42. The molecule has 6 radical (unpaired) electrons. The first-order valence-electron chi connectivity index (χ1n) is 35.6. The van der Waals surface area contributed by atoms with Gasteiger partial charge in [-0.15, -0.1) is 212 Å². The number of aromatic nitrogens is 6. The molecule has 0 unspecified atom stereocenters. The first-order chi connectivity index (χ1) is 51.1. The monoisotopic (exact) mass is 2540 g/mol. The zero-order valence-corrected chi connectivity index (χ0v) is 79.8. The molecule has 0 saturated heterocycles. The second kappa shape index (κ2) is 47.4. The molecule has 13 heteroatoms. The Bertz CT molecular complexity index is 5330. The summed E-state index contributed by atoms with van der Waals surface area (Å²) >= 11 is 0. The summed E-state index contributed by atoms with van der Waals surface area (Å²) in [5.41, 5.74) is 37.2. The van der Waals surface area contributed by atoms with Crippen LogP contribution in [0.3, 0.4) is 0 Å². The van der Waals surface area contributed by atoms with Crippen molar-refractivity contribution < 1.29 is 125 Å². The van der Waals surface area contributed by atoms with E-state index in [2.05, 4.69) is 266 Å². The average Bonchev–Trinajstić information content (AvgIpc) is 0.807. The summed E-state index contributed by atoms with van der Waals surface area (Å²) in [7, 11) is 0. The molecule has 6 aromatic heterocycles. The maximum absolute atomic E-state index is 13.0. The van der Waals surface area contributed by atoms with Gasteiger partial charge in [-0.2, -0.15) is 0 Å². The molecule has 15 rings (SSSR count). The summed E-state index contributed by atoms with van der Waals surface area (Å²) in [5.74, 6) is -0.224. The number of rotatable bonds is 9. The Morgan fingerprint density at radius 3 is 1.21 bits per heavy atom. The van der Waals surface area contributed by atoms with Gasteiger partial charge in [-0.25, -0.2) is 4.39 Å². The SMILES string of the molecule is Cc1[c-]c(-c2ccccn2)cc(-c2ccccc2)c1.Cc1cc(C)cc(-c2cc[c-]c(-c3nccc(C)c3C)c2)c1.Cc1cc(C)nc(-c2[c-]cccc2)c1.Cc1cc[c-]c(-c2cc(C)c(C)cn2)c1.Cc1cc[c-]c(-c2cc(C)cc(C)n2)c1.Cc1ccnc(-c2[c-]ccc(-c3ccc(F)cc3)c2)c1C.[Ir].[Ir].[Ir].[Ir].[Ir].[Ir]. The molecule has 112 heavy (non-hydrogen) atoms. The maximum atomic E-state index is 13.0. The molecular formula is C99H89FIr6N6-6. The standard InChI is InChI=1S/C21H20N.C19H15FN.C18H14N.2C14H14N.C13H12N.6Ir/c1-14-10-15(2)12-20(11-14)18-6-5-7-19(13-18)21-17(4)16(3)8-9-22-21;1-13-10-11-21-19(14(13)2)17-5-3-4-16(12-17)15-6-8-18(20)9-7-15;1-14-11-16(15-7-3-2-4-8-15)13-17(12-14)18-9-5-6-10-19-18;1-10-5-4-6-13(8-10)14-9-11(2)7-12(3)15-14;1-10-5-4-6-13(7-10)14-8-11(2)12(3)9-15-14;1-10-8-11(2)14-13(9-10)12-6-4-3-5-7-12;;;;;;/h5-6,8-13H,1-4H3;3-4,6-12H,1-2H3;2-11,13H,1H3;2*4-5,7-9H,1-3H3;3-6,8-9H,1-2H3;;;;;;/q6*-1;;;;;;. The second-order valence-corrected chi connectivity index (χ2v) is 26.9. The smallest absolute Gasteiger partial charge is 0.123 e. The number of nitrogens with zero attached hydrogens (tertiary/aromatic N) is 6. The van der Waals surface area contributed by atoms with Crippen molar-refractivity contribution in [3.63, 3.8) is 0 Å². The van der Waals surface area contributed by atoms with Crippen molar-refractivity contribution in [2.45, 2.75) is 104 Å². The van der Waals surface area contributed by atoms with Gasteiger partial charge in [0.1, 0.15) is 5.82 Å². The van der Waals surface area contributed by atoms with Crippen LogP contribution in [0, 0.1) is 146 Å². The molecule has 6 heterocycles. The van der Waals surface area contributed by atoms with Gasteiger partial charge in [0.25, 0.3) is 0 Å². The molecule has 9 aromatic carbocycles. The predicted octanol–water partition coefficient (Wildman–Crippen LogP) is 25.0. The van der Waals surface area contributed by atoms with Crippen LogP contribution < -0.4 is 0 Å². The van der Waals surface area contributed by atoms with Gasteiger partial charge in [0.05, 0.1) is 0 Å². The van der Waals surface area contributed by atoms with E-state index < -0.39 is 0 Å². The van der Waals surface area contributed by atoms with Crippen molar-refractivity contribution in [2.24, 2.45) is 0 Å². The van der Waals surface area contributed by atoms with Gasteiger partial charge in [0.15, 0.2) is 0 Å². The first kappa shape index (κ1) is 96.1. The van der Waals surface area contributed by atoms with Gasteiger partial charge in [-0.1, -0.05) is 162 Å². The fraction of sp³-hybridized carbons (Fsp3) is 0.152. The Morgan fingerprint density at radius 2 is 0.714 bits per heavy atom. The normalized spacial score (nSPS) is 9.89. The van der Waals surface area contributed by atoms with Crippen molar-refractivity contribution in [2.75, 3.05) is 0 Å². The molecule has 0 aliphatic rings. The minimum absolute atomic E-state index is 0. The zero-order chi connectivity index (χ0) is 75.2. The van der Waals surface area contributed by atoms with Crippen molar-refractivity contribution in [1.82, 2.24) is 29.9 Å². The van der Waals surface area contributed by atoms with E-state index in [9.17, 15) is 4.39 Å². The van der Waals surface area contributed by atoms with Gasteiger partial charge in [-0.05, 0) is 182 Å². The molecule has 0 spiro atoms. The maximum Gasteiger partial charge on any atom is 0.123 e. The van der Waals surface area contributed by atoms with E-state index in [1.54, 1.807) is 12.1 Å². The van der Waals surface area contributed by atoms with Crippen LogP contribution in [0.2, 0.25) is 0 Å². The molecule has 0 atom stereocenters. The molecule has 6 nitrogen and oxygen atoms in total. The van der Waals surface area contributed by atoms with Crippen molar-refractivity contribution in [3.8, 4) is 101 Å². The van der Waals surface area contributed by atoms with Gasteiger partial charge >= 0.3 is 0 Å². The fourth-order valence-corrected chi connectivity index (χ4v) is 12.1. The van der Waals surface area contributed by atoms with Gasteiger partial charge in [0.2, 0.25) is 0 Å². The molecule has 0 N–H and O–H groups in total. The summed E-state index contributed by atoms with van der Waals surface area (Å²) in [5, 5.41) is 0. The molecule has 0 aliphatic heterocycles. The zero-order valence-electron chi connectivity index (χ0n) is 65.5. The third-order valence-electron chi connectivity index (χ3n) is 17.9. The van der Waals surface area contributed by atoms with Crippen LogP contribution in [0.1, 0.15) is 83.7 Å². The van der Waals surface area contributed by atoms with Crippen LogP contribution in [0.4, 0.5) is 4.39 Å². The van der Waals surface area contributed by atoms with Crippen LogP contribution in [0.5, 0.6) is 0 Å². The number of hydrogen-bond donors (Lipinski definition) is 0. The van der Waals surface area contributed by atoms with Crippen LogP contribution in [0.25, 0.3) is 101 Å². The van der Waals surface area contributed by atoms with Crippen molar-refractivity contribution >= 4 is 0 Å². The summed E-state index contributed by atoms with van der Waals surface area (Å²) in [6, 6.07) is 100. The topological polar surface area (TPSA) is 77.3 Å². The fourth-order valence-electron chi connectivity index (χ4n) is 12.1. The third kappa shape index (κ3) is 28.4. The van der Waals surface area contributed by atoms with Crippen molar-refractivity contribution in [1.29, 1.82) is 0 Å². The number of halogens is 1. The number of hydrogen-bond acceptors (Lipinski definition) is 6. The molecule has 15 aromatic rings. The summed E-state index contributed by atoms with van der Waals surface area (Å²) in [6.45, 7) is 31.3. The molecule has 582 valence electrons. The van der Waals surface area contributed by atoms with Gasteiger partial charge < -0.3 is 29.9 Å². The summed E-state index contributed by atoms with van der Waals surface area (Å²) in [4.78, 5) is 26.8. The van der Waals surface area contributed by atoms with Gasteiger partial charge in [0, 0.05) is 157 Å². The molecular weight excluding hydrogens is 2450 g/mol. The largest absolute Gasteiger partial charge is 0.305 e. The molecule has 0 saturated carbocycles. The molecule has 0 amide bonds. The molecule has 0 fully saturated rings. The Balaban J connectivity index is 0.000000282. The Labute approximate surface area is 745 Å². The van der Waals surface area contributed by atoms with E-state index in [1.165, 1.54) is 95.6 Å². The Kier molecular flexibility index (Phi) is 40.7. The number of aryl methyl sites for hydroxylation is 13. The molecule has 0 bridgehead atoms. The van der Waals surface area contributed by atoms with E-state index in [4.69, 9.17) is 0 Å². The Hall–Kier alpha value is -8.29.